The minimum absolute atomic E-state index is 0.0730. The summed E-state index contributed by atoms with van der Waals surface area (Å²) in [5.41, 5.74) is 1.19. The molecule has 1 aromatic carbocycles. The van der Waals surface area contributed by atoms with Crippen LogP contribution in [-0.2, 0) is 16.1 Å². The van der Waals surface area contributed by atoms with Crippen molar-refractivity contribution in [2.24, 2.45) is 0 Å². The highest BCUT2D eigenvalue weighted by molar-refractivity contribution is 5.66. The highest BCUT2D eigenvalue weighted by atomic mass is 16.6. The molecule has 0 radical (unpaired) electrons. The van der Waals surface area contributed by atoms with Gasteiger partial charge in [0.1, 0.15) is 5.69 Å². The average molecular weight is 296 g/mol. The zero-order chi connectivity index (χ0) is 15.9. The van der Waals surface area contributed by atoms with E-state index in [2.05, 4.69) is 5.32 Å². The van der Waals surface area contributed by atoms with Gasteiger partial charge in [-0.15, -0.1) is 0 Å². The van der Waals surface area contributed by atoms with Crippen molar-refractivity contribution in [2.75, 3.05) is 25.1 Å². The molecule has 0 aliphatic carbocycles. The normalized spacial score (nSPS) is 11.4. The molecular weight excluding hydrogens is 272 g/mol. The third kappa shape index (κ3) is 6.10. The van der Waals surface area contributed by atoms with Crippen LogP contribution in [0, 0.1) is 10.1 Å². The van der Waals surface area contributed by atoms with Gasteiger partial charge in [0.05, 0.1) is 30.3 Å². The largest absolute Gasteiger partial charge is 0.379 e. The Balaban J connectivity index is 2.62. The molecule has 21 heavy (non-hydrogen) atoms. The Morgan fingerprint density at radius 2 is 2.00 bits per heavy atom. The summed E-state index contributed by atoms with van der Waals surface area (Å²) in [6.45, 7) is 9.73. The third-order valence-corrected chi connectivity index (χ3v) is 2.70. The van der Waals surface area contributed by atoms with E-state index in [9.17, 15) is 10.1 Å². The lowest BCUT2D eigenvalue weighted by Crippen LogP contribution is -2.21. The lowest BCUT2D eigenvalue weighted by Gasteiger charge is -2.19. The molecule has 0 saturated carbocycles. The van der Waals surface area contributed by atoms with Crippen molar-refractivity contribution in [3.63, 3.8) is 0 Å². The number of nitro benzene ring substituents is 1. The number of para-hydroxylation sites is 1. The number of ether oxygens (including phenoxy) is 2. The number of rotatable bonds is 8. The molecule has 0 unspecified atom stereocenters. The first-order valence-corrected chi connectivity index (χ1v) is 7.07. The lowest BCUT2D eigenvalue weighted by molar-refractivity contribution is -0.384. The molecule has 0 atom stereocenters. The summed E-state index contributed by atoms with van der Waals surface area (Å²) in [4.78, 5) is 10.7. The second kappa shape index (κ2) is 7.95. The molecule has 0 aliphatic heterocycles. The molecule has 0 aromatic heterocycles. The van der Waals surface area contributed by atoms with Crippen LogP contribution in [0.1, 0.15) is 33.3 Å². The second-order valence-electron chi connectivity index (χ2n) is 5.61. The van der Waals surface area contributed by atoms with Gasteiger partial charge in [-0.2, -0.15) is 0 Å². The summed E-state index contributed by atoms with van der Waals surface area (Å²) in [5, 5.41) is 14.1. The fourth-order valence-electron chi connectivity index (χ4n) is 1.83. The Kier molecular flexibility index (Phi) is 6.58. The lowest BCUT2D eigenvalue weighted by atomic mass is 10.1. The molecule has 0 spiro atoms. The van der Waals surface area contributed by atoms with Crippen LogP contribution in [0.15, 0.2) is 18.2 Å². The molecule has 0 bridgehead atoms. The predicted molar refractivity (Wildman–Crippen MR) is 82.6 cm³/mol. The van der Waals surface area contributed by atoms with E-state index >= 15 is 0 Å². The van der Waals surface area contributed by atoms with Gasteiger partial charge in [-0.1, -0.05) is 12.1 Å². The highest BCUT2D eigenvalue weighted by Gasteiger charge is 2.16. The van der Waals surface area contributed by atoms with Crippen LogP contribution >= 0.6 is 0 Å². The number of nitrogens with one attached hydrogen (secondary N) is 1. The Hall–Kier alpha value is -1.66. The molecular formula is C15H24N2O4. The van der Waals surface area contributed by atoms with Gasteiger partial charge in [-0.25, -0.2) is 0 Å². The van der Waals surface area contributed by atoms with Crippen molar-refractivity contribution >= 4 is 11.4 Å². The number of nitro groups is 1. The van der Waals surface area contributed by atoms with E-state index in [1.54, 1.807) is 6.07 Å². The molecule has 1 rings (SSSR count). The van der Waals surface area contributed by atoms with Gasteiger partial charge in [0.15, 0.2) is 0 Å². The summed E-state index contributed by atoms with van der Waals surface area (Å²) < 4.78 is 11.1. The van der Waals surface area contributed by atoms with Gasteiger partial charge in [0, 0.05) is 18.2 Å². The zero-order valence-corrected chi connectivity index (χ0v) is 13.1. The number of anilines is 1. The van der Waals surface area contributed by atoms with Gasteiger partial charge in [-0.3, -0.25) is 10.1 Å². The van der Waals surface area contributed by atoms with E-state index < -0.39 is 0 Å². The molecule has 6 heteroatoms. The predicted octanol–water partition coefficient (Wildman–Crippen LogP) is 3.36. The second-order valence-corrected chi connectivity index (χ2v) is 5.61. The van der Waals surface area contributed by atoms with Crippen LogP contribution in [0.4, 0.5) is 11.4 Å². The topological polar surface area (TPSA) is 73.6 Å². The van der Waals surface area contributed by atoms with E-state index in [1.807, 2.05) is 33.8 Å². The molecule has 6 nitrogen and oxygen atoms in total. The first-order valence-electron chi connectivity index (χ1n) is 7.07. The highest BCUT2D eigenvalue weighted by Crippen LogP contribution is 2.28. The van der Waals surface area contributed by atoms with Gasteiger partial charge in [0.2, 0.25) is 0 Å². The summed E-state index contributed by atoms with van der Waals surface area (Å²) in [6.07, 6.45) is 0. The van der Waals surface area contributed by atoms with Crippen molar-refractivity contribution in [1.29, 1.82) is 0 Å². The maximum absolute atomic E-state index is 11.0. The maximum Gasteiger partial charge on any atom is 0.292 e. The van der Waals surface area contributed by atoms with Crippen molar-refractivity contribution in [1.82, 2.24) is 0 Å². The van der Waals surface area contributed by atoms with E-state index in [0.29, 0.717) is 32.1 Å². The van der Waals surface area contributed by atoms with Gasteiger partial charge in [-0.05, 0) is 27.7 Å². The fourth-order valence-corrected chi connectivity index (χ4v) is 1.83. The molecule has 0 amide bonds. The Morgan fingerprint density at radius 3 is 2.57 bits per heavy atom. The quantitative estimate of drug-likeness (QED) is 0.452. The van der Waals surface area contributed by atoms with Crippen LogP contribution < -0.4 is 5.32 Å². The number of benzene rings is 1. The van der Waals surface area contributed by atoms with E-state index in [1.165, 1.54) is 6.07 Å². The van der Waals surface area contributed by atoms with Crippen molar-refractivity contribution < 1.29 is 14.4 Å². The SMILES string of the molecule is CCNc1c(COCCOC(C)(C)C)cccc1[N+](=O)[O-]. The van der Waals surface area contributed by atoms with Gasteiger partial charge < -0.3 is 14.8 Å². The van der Waals surface area contributed by atoms with Crippen LogP contribution in [0.2, 0.25) is 0 Å². The molecule has 118 valence electrons. The Bertz CT molecular complexity index is 469. The molecule has 0 saturated heterocycles. The zero-order valence-electron chi connectivity index (χ0n) is 13.1. The summed E-state index contributed by atoms with van der Waals surface area (Å²) >= 11 is 0. The van der Waals surface area contributed by atoms with Gasteiger partial charge >= 0.3 is 0 Å². The Labute approximate surface area is 125 Å². The van der Waals surface area contributed by atoms with E-state index in [0.717, 1.165) is 5.56 Å². The summed E-state index contributed by atoms with van der Waals surface area (Å²) in [5.74, 6) is 0. The fraction of sp³-hybridized carbons (Fsp3) is 0.600. The smallest absolute Gasteiger partial charge is 0.292 e. The minimum Gasteiger partial charge on any atom is -0.379 e. The minimum atomic E-state index is -0.385. The number of hydrogen-bond donors (Lipinski definition) is 1. The Morgan fingerprint density at radius 1 is 1.29 bits per heavy atom. The first-order chi connectivity index (χ1) is 9.85. The van der Waals surface area contributed by atoms with Crippen molar-refractivity contribution in [3.8, 4) is 0 Å². The van der Waals surface area contributed by atoms with Crippen molar-refractivity contribution in [2.45, 2.75) is 39.9 Å². The van der Waals surface area contributed by atoms with E-state index in [-0.39, 0.29) is 16.2 Å². The molecule has 0 heterocycles. The number of hydrogen-bond acceptors (Lipinski definition) is 5. The van der Waals surface area contributed by atoms with Crippen LogP contribution in [0.5, 0.6) is 0 Å². The van der Waals surface area contributed by atoms with E-state index in [4.69, 9.17) is 9.47 Å². The van der Waals surface area contributed by atoms with Crippen LogP contribution in [0.3, 0.4) is 0 Å². The summed E-state index contributed by atoms with van der Waals surface area (Å²) in [6, 6.07) is 4.99. The molecule has 1 N–H and O–H groups in total. The molecule has 0 aliphatic rings. The standard InChI is InChI=1S/C15H24N2O4/c1-5-16-14-12(7-6-8-13(14)17(18)19)11-20-9-10-21-15(2,3)4/h6-8,16H,5,9-11H2,1-4H3. The molecule has 0 fully saturated rings. The van der Waals surface area contributed by atoms with Gasteiger partial charge in [0.25, 0.3) is 5.69 Å². The van der Waals surface area contributed by atoms with Crippen molar-refractivity contribution in [3.05, 3.63) is 33.9 Å². The summed E-state index contributed by atoms with van der Waals surface area (Å²) in [7, 11) is 0. The first kappa shape index (κ1) is 17.4. The van der Waals surface area contributed by atoms with Crippen LogP contribution in [-0.4, -0.2) is 30.3 Å². The maximum atomic E-state index is 11.0. The molecule has 1 aromatic rings. The average Bonchev–Trinajstić information content (AvgIpc) is 2.38. The number of nitrogens with zero attached hydrogens (tertiary/aromatic N) is 1. The third-order valence-electron chi connectivity index (χ3n) is 2.70. The monoisotopic (exact) mass is 296 g/mol. The van der Waals surface area contributed by atoms with Crippen LogP contribution in [0.25, 0.3) is 0 Å².